The van der Waals surface area contributed by atoms with Crippen LogP contribution >= 0.6 is 11.6 Å². The van der Waals surface area contributed by atoms with E-state index in [9.17, 15) is 9.59 Å². The van der Waals surface area contributed by atoms with Crippen LogP contribution in [-0.4, -0.2) is 18.5 Å². The number of carbonyl (C=O) groups excluding carboxylic acids is 2. The van der Waals surface area contributed by atoms with E-state index in [0.717, 1.165) is 0 Å². The predicted octanol–water partition coefficient (Wildman–Crippen LogP) is 4.11. The molecule has 0 saturated heterocycles. The van der Waals surface area contributed by atoms with Crippen molar-refractivity contribution in [3.05, 3.63) is 64.7 Å². The first kappa shape index (κ1) is 15.1. The van der Waals surface area contributed by atoms with Gasteiger partial charge in [0, 0.05) is 16.1 Å². The second-order valence-corrected chi connectivity index (χ2v) is 4.58. The van der Waals surface area contributed by atoms with Crippen LogP contribution in [0, 0.1) is 0 Å². The molecule has 0 saturated carbocycles. The van der Waals surface area contributed by atoms with Gasteiger partial charge in [0.25, 0.3) is 0 Å². The number of rotatable bonds is 4. The summed E-state index contributed by atoms with van der Waals surface area (Å²) in [6.07, 6.45) is -0.769. The third-order valence-corrected chi connectivity index (χ3v) is 2.94. The van der Waals surface area contributed by atoms with Crippen molar-refractivity contribution < 1.29 is 19.1 Å². The summed E-state index contributed by atoms with van der Waals surface area (Å²) >= 11 is 5.79. The molecule has 4 nitrogen and oxygen atoms in total. The summed E-state index contributed by atoms with van der Waals surface area (Å²) in [7, 11) is 0. The van der Waals surface area contributed by atoms with Gasteiger partial charge < -0.3 is 9.47 Å². The van der Waals surface area contributed by atoms with Gasteiger partial charge >= 0.3 is 6.16 Å². The monoisotopic (exact) mass is 304 g/mol. The molecule has 0 heterocycles. The number of ether oxygens (including phenoxy) is 2. The molecule has 2 rings (SSSR count). The van der Waals surface area contributed by atoms with Gasteiger partial charge in [-0.1, -0.05) is 11.6 Å². The van der Waals surface area contributed by atoms with Gasteiger partial charge in [-0.15, -0.1) is 0 Å². The summed E-state index contributed by atoms with van der Waals surface area (Å²) in [5.74, 6) is 0.190. The minimum absolute atomic E-state index is 0.130. The van der Waals surface area contributed by atoms with E-state index in [1.165, 1.54) is 0 Å². The fraction of sp³-hybridized carbons (Fsp3) is 0.125. The Morgan fingerprint density at radius 1 is 0.952 bits per heavy atom. The molecule has 0 spiro atoms. The number of benzene rings is 2. The summed E-state index contributed by atoms with van der Waals surface area (Å²) in [6, 6.07) is 12.9. The van der Waals surface area contributed by atoms with Crippen LogP contribution < -0.4 is 4.74 Å². The lowest BCUT2D eigenvalue weighted by atomic mass is 10.0. The van der Waals surface area contributed by atoms with Gasteiger partial charge in [-0.2, -0.15) is 0 Å². The highest BCUT2D eigenvalue weighted by molar-refractivity contribution is 6.30. The van der Waals surface area contributed by atoms with E-state index in [0.29, 0.717) is 21.9 Å². The third-order valence-electron chi connectivity index (χ3n) is 2.69. The van der Waals surface area contributed by atoms with Crippen molar-refractivity contribution in [2.75, 3.05) is 6.61 Å². The Bertz CT molecular complexity index is 632. The molecule has 0 N–H and O–H groups in total. The molecule has 0 fully saturated rings. The van der Waals surface area contributed by atoms with Crippen molar-refractivity contribution in [3.8, 4) is 5.75 Å². The molecule has 0 unspecified atom stereocenters. The Labute approximate surface area is 127 Å². The van der Waals surface area contributed by atoms with Crippen molar-refractivity contribution in [1.82, 2.24) is 0 Å². The van der Waals surface area contributed by atoms with Crippen LogP contribution in [-0.2, 0) is 4.74 Å². The van der Waals surface area contributed by atoms with E-state index in [1.54, 1.807) is 55.5 Å². The van der Waals surface area contributed by atoms with Crippen LogP contribution in [0.1, 0.15) is 22.8 Å². The highest BCUT2D eigenvalue weighted by Gasteiger charge is 2.10. The fourth-order valence-corrected chi connectivity index (χ4v) is 1.81. The van der Waals surface area contributed by atoms with Crippen LogP contribution in [0.5, 0.6) is 5.75 Å². The smallest absolute Gasteiger partial charge is 0.434 e. The molecule has 0 amide bonds. The first-order chi connectivity index (χ1) is 10.1. The van der Waals surface area contributed by atoms with Gasteiger partial charge in [0.2, 0.25) is 0 Å². The second-order valence-electron chi connectivity index (χ2n) is 4.15. The quantitative estimate of drug-likeness (QED) is 0.484. The van der Waals surface area contributed by atoms with E-state index in [1.807, 2.05) is 0 Å². The van der Waals surface area contributed by atoms with Crippen LogP contribution in [0.25, 0.3) is 0 Å². The van der Waals surface area contributed by atoms with E-state index in [4.69, 9.17) is 16.3 Å². The normalized spacial score (nSPS) is 10.0. The SMILES string of the molecule is CCOC(=O)Oc1ccc(C(=O)c2ccc(Cl)cc2)cc1. The Kier molecular flexibility index (Phi) is 4.95. The molecule has 2 aromatic rings. The van der Waals surface area contributed by atoms with Crippen molar-refractivity contribution >= 4 is 23.5 Å². The first-order valence-corrected chi connectivity index (χ1v) is 6.73. The maximum atomic E-state index is 12.2. The van der Waals surface area contributed by atoms with Crippen LogP contribution in [0.15, 0.2) is 48.5 Å². The lowest BCUT2D eigenvalue weighted by Crippen LogP contribution is -2.10. The maximum Gasteiger partial charge on any atom is 0.513 e. The molecule has 21 heavy (non-hydrogen) atoms. The highest BCUT2D eigenvalue weighted by atomic mass is 35.5. The van der Waals surface area contributed by atoms with Gasteiger partial charge in [-0.05, 0) is 55.5 Å². The van der Waals surface area contributed by atoms with Gasteiger partial charge in [0.1, 0.15) is 5.75 Å². The largest absolute Gasteiger partial charge is 0.513 e. The third kappa shape index (κ3) is 4.07. The zero-order valence-electron chi connectivity index (χ0n) is 11.3. The van der Waals surface area contributed by atoms with Gasteiger partial charge in [-0.25, -0.2) is 4.79 Å². The van der Waals surface area contributed by atoms with Crippen LogP contribution in [0.2, 0.25) is 5.02 Å². The lowest BCUT2D eigenvalue weighted by Gasteiger charge is -2.05. The highest BCUT2D eigenvalue weighted by Crippen LogP contribution is 2.17. The second kappa shape index (κ2) is 6.90. The molecule has 0 radical (unpaired) electrons. The van der Waals surface area contributed by atoms with Gasteiger partial charge in [-0.3, -0.25) is 4.79 Å². The van der Waals surface area contributed by atoms with E-state index in [-0.39, 0.29) is 12.4 Å². The maximum absolute atomic E-state index is 12.2. The molecule has 108 valence electrons. The summed E-state index contributed by atoms with van der Waals surface area (Å²) in [6.45, 7) is 1.93. The molecule has 0 atom stereocenters. The molecular weight excluding hydrogens is 292 g/mol. The first-order valence-electron chi connectivity index (χ1n) is 6.35. The average Bonchev–Trinajstić information content (AvgIpc) is 2.48. The summed E-state index contributed by atoms with van der Waals surface area (Å²) in [5, 5.41) is 0.574. The standard InChI is InChI=1S/C16H13ClO4/c1-2-20-16(19)21-14-9-5-12(6-10-14)15(18)11-3-7-13(17)8-4-11/h3-10H,2H2,1H3. The molecule has 0 aromatic heterocycles. The minimum atomic E-state index is -0.769. The summed E-state index contributed by atoms with van der Waals surface area (Å²) < 4.78 is 9.58. The molecule has 2 aromatic carbocycles. The van der Waals surface area contributed by atoms with Crippen molar-refractivity contribution in [2.24, 2.45) is 0 Å². The van der Waals surface area contributed by atoms with E-state index >= 15 is 0 Å². The zero-order chi connectivity index (χ0) is 15.2. The van der Waals surface area contributed by atoms with Crippen molar-refractivity contribution in [2.45, 2.75) is 6.92 Å². The zero-order valence-corrected chi connectivity index (χ0v) is 12.1. The number of halogens is 1. The lowest BCUT2D eigenvalue weighted by molar-refractivity contribution is 0.103. The van der Waals surface area contributed by atoms with Crippen molar-refractivity contribution in [3.63, 3.8) is 0 Å². The van der Waals surface area contributed by atoms with Crippen LogP contribution in [0.4, 0.5) is 4.79 Å². The summed E-state index contributed by atoms with van der Waals surface area (Å²) in [4.78, 5) is 23.4. The van der Waals surface area contributed by atoms with Gasteiger partial charge in [0.15, 0.2) is 5.78 Å². The molecule has 0 aliphatic rings. The average molecular weight is 305 g/mol. The molecular formula is C16H13ClO4. The summed E-state index contributed by atoms with van der Waals surface area (Å²) in [5.41, 5.74) is 1.03. The Hall–Kier alpha value is -2.33. The Morgan fingerprint density at radius 2 is 1.48 bits per heavy atom. The number of hydrogen-bond acceptors (Lipinski definition) is 4. The molecule has 0 aliphatic carbocycles. The van der Waals surface area contributed by atoms with E-state index < -0.39 is 6.16 Å². The van der Waals surface area contributed by atoms with E-state index in [2.05, 4.69) is 4.74 Å². The number of hydrogen-bond donors (Lipinski definition) is 0. The molecule has 5 heteroatoms. The Balaban J connectivity index is 2.09. The molecule has 0 aliphatic heterocycles. The topological polar surface area (TPSA) is 52.6 Å². The van der Waals surface area contributed by atoms with Crippen LogP contribution in [0.3, 0.4) is 0 Å². The van der Waals surface area contributed by atoms with Gasteiger partial charge in [0.05, 0.1) is 6.61 Å². The molecule has 0 bridgehead atoms. The predicted molar refractivity (Wildman–Crippen MR) is 79.0 cm³/mol. The minimum Gasteiger partial charge on any atom is -0.434 e. The number of carbonyl (C=O) groups is 2. The van der Waals surface area contributed by atoms with Crippen molar-refractivity contribution in [1.29, 1.82) is 0 Å². The Morgan fingerprint density at radius 3 is 2.00 bits per heavy atom. The number of ketones is 1. The fourth-order valence-electron chi connectivity index (χ4n) is 1.69.